The van der Waals surface area contributed by atoms with Crippen molar-refractivity contribution >= 4 is 11.9 Å². The molecule has 18 heavy (non-hydrogen) atoms. The predicted octanol–water partition coefficient (Wildman–Crippen LogP) is 1.38. The van der Waals surface area contributed by atoms with Crippen LogP contribution in [0.2, 0.25) is 0 Å². The van der Waals surface area contributed by atoms with Gasteiger partial charge in [-0.2, -0.15) is 0 Å². The van der Waals surface area contributed by atoms with Crippen molar-refractivity contribution in [1.82, 2.24) is 5.32 Å². The molecule has 1 aromatic rings. The molecule has 5 nitrogen and oxygen atoms in total. The normalized spacial score (nSPS) is 9.89. The average Bonchev–Trinajstić information content (AvgIpc) is 2.34. The van der Waals surface area contributed by atoms with Gasteiger partial charge in [0.05, 0.1) is 6.61 Å². The number of esters is 2. The van der Waals surface area contributed by atoms with E-state index in [9.17, 15) is 9.59 Å². The fraction of sp³-hybridized carbons (Fsp3) is 0.385. The molecule has 0 spiro atoms. The van der Waals surface area contributed by atoms with Crippen molar-refractivity contribution in [3.63, 3.8) is 0 Å². The number of benzene rings is 1. The number of hydrogen-bond donors (Lipinski definition) is 1. The molecule has 1 N–H and O–H groups in total. The minimum atomic E-state index is -0.483. The summed E-state index contributed by atoms with van der Waals surface area (Å²) in [7, 11) is 1.83. The van der Waals surface area contributed by atoms with Crippen molar-refractivity contribution < 1.29 is 19.1 Å². The first-order valence-electron chi connectivity index (χ1n) is 5.74. The molecule has 5 heteroatoms. The maximum atomic E-state index is 11.8. The Morgan fingerprint density at radius 3 is 2.67 bits per heavy atom. The van der Waals surface area contributed by atoms with E-state index in [1.165, 1.54) is 6.92 Å². The van der Waals surface area contributed by atoms with Gasteiger partial charge in [-0.05, 0) is 32.1 Å². The average molecular weight is 251 g/mol. The van der Waals surface area contributed by atoms with Crippen molar-refractivity contribution in [2.75, 3.05) is 20.2 Å². The molecule has 98 valence electrons. The van der Waals surface area contributed by atoms with E-state index in [1.54, 1.807) is 24.3 Å². The zero-order valence-corrected chi connectivity index (χ0v) is 10.6. The number of nitrogens with one attached hydrogen (secondary N) is 1. The zero-order chi connectivity index (χ0) is 13.4. The first kappa shape index (κ1) is 14.2. The SMILES string of the molecule is CNCCCOC(=O)c1ccccc1OC(C)=O. The molecule has 0 atom stereocenters. The number of ether oxygens (including phenoxy) is 2. The highest BCUT2D eigenvalue weighted by atomic mass is 16.5. The molecular weight excluding hydrogens is 234 g/mol. The minimum Gasteiger partial charge on any atom is -0.462 e. The molecule has 0 aliphatic heterocycles. The highest BCUT2D eigenvalue weighted by molar-refractivity contribution is 5.93. The molecule has 0 heterocycles. The van der Waals surface area contributed by atoms with Crippen LogP contribution in [0, 0.1) is 0 Å². The van der Waals surface area contributed by atoms with Crippen LogP contribution in [0.25, 0.3) is 0 Å². The Balaban J connectivity index is 2.63. The Labute approximate surface area is 106 Å². The summed E-state index contributed by atoms with van der Waals surface area (Å²) in [5.41, 5.74) is 0.261. The van der Waals surface area contributed by atoms with Gasteiger partial charge in [-0.15, -0.1) is 0 Å². The van der Waals surface area contributed by atoms with E-state index in [4.69, 9.17) is 9.47 Å². The number of hydrogen-bond acceptors (Lipinski definition) is 5. The summed E-state index contributed by atoms with van der Waals surface area (Å²) in [4.78, 5) is 22.7. The summed E-state index contributed by atoms with van der Waals surface area (Å²) in [6, 6.07) is 6.51. The lowest BCUT2D eigenvalue weighted by Gasteiger charge is -2.08. The zero-order valence-electron chi connectivity index (χ0n) is 10.6. The van der Waals surface area contributed by atoms with Gasteiger partial charge in [-0.3, -0.25) is 4.79 Å². The van der Waals surface area contributed by atoms with Crippen molar-refractivity contribution in [3.8, 4) is 5.75 Å². The molecule has 0 aliphatic rings. The van der Waals surface area contributed by atoms with Crippen molar-refractivity contribution in [2.24, 2.45) is 0 Å². The van der Waals surface area contributed by atoms with Gasteiger partial charge in [0.25, 0.3) is 0 Å². The van der Waals surface area contributed by atoms with Gasteiger partial charge in [-0.25, -0.2) is 4.79 Å². The van der Waals surface area contributed by atoms with Gasteiger partial charge in [0.1, 0.15) is 11.3 Å². The van der Waals surface area contributed by atoms with Crippen LogP contribution in [0.5, 0.6) is 5.75 Å². The molecule has 0 saturated carbocycles. The number of rotatable bonds is 6. The Hall–Kier alpha value is -1.88. The third-order valence-electron chi connectivity index (χ3n) is 2.16. The molecule has 0 saturated heterocycles. The monoisotopic (exact) mass is 251 g/mol. The standard InChI is InChI=1S/C13H17NO4/c1-10(15)18-12-7-4-3-6-11(12)13(16)17-9-5-8-14-2/h3-4,6-7,14H,5,8-9H2,1-2H3. The van der Waals surface area contributed by atoms with Gasteiger partial charge in [0.15, 0.2) is 0 Å². The largest absolute Gasteiger partial charge is 0.462 e. The van der Waals surface area contributed by atoms with Crippen LogP contribution in [0.3, 0.4) is 0 Å². The lowest BCUT2D eigenvalue weighted by molar-refractivity contribution is -0.131. The van der Waals surface area contributed by atoms with Crippen LogP contribution < -0.4 is 10.1 Å². The van der Waals surface area contributed by atoms with Crippen LogP contribution in [-0.2, 0) is 9.53 Å². The van der Waals surface area contributed by atoms with E-state index in [0.29, 0.717) is 6.61 Å². The Morgan fingerprint density at radius 1 is 1.28 bits per heavy atom. The smallest absolute Gasteiger partial charge is 0.341 e. The van der Waals surface area contributed by atoms with Gasteiger partial charge in [-0.1, -0.05) is 12.1 Å². The lowest BCUT2D eigenvalue weighted by atomic mass is 10.2. The maximum Gasteiger partial charge on any atom is 0.341 e. The first-order valence-corrected chi connectivity index (χ1v) is 5.74. The predicted molar refractivity (Wildman–Crippen MR) is 66.6 cm³/mol. The van der Waals surface area contributed by atoms with E-state index >= 15 is 0 Å². The summed E-state index contributed by atoms with van der Waals surface area (Å²) in [6.07, 6.45) is 0.734. The summed E-state index contributed by atoms with van der Waals surface area (Å²) in [5, 5.41) is 2.96. The van der Waals surface area contributed by atoms with E-state index in [0.717, 1.165) is 13.0 Å². The third kappa shape index (κ3) is 4.55. The topological polar surface area (TPSA) is 64.6 Å². The maximum absolute atomic E-state index is 11.8. The molecule has 0 aromatic heterocycles. The second-order valence-electron chi connectivity index (χ2n) is 3.68. The number of carbonyl (C=O) groups is 2. The minimum absolute atomic E-state index is 0.226. The highest BCUT2D eigenvalue weighted by Gasteiger charge is 2.14. The van der Waals surface area contributed by atoms with Crippen molar-refractivity contribution in [1.29, 1.82) is 0 Å². The fourth-order valence-electron chi connectivity index (χ4n) is 1.37. The number of carbonyl (C=O) groups excluding carboxylic acids is 2. The van der Waals surface area contributed by atoms with Gasteiger partial charge in [0, 0.05) is 6.92 Å². The molecule has 1 rings (SSSR count). The third-order valence-corrected chi connectivity index (χ3v) is 2.16. The molecule has 1 aromatic carbocycles. The molecule has 0 unspecified atom stereocenters. The molecule has 0 bridgehead atoms. The second-order valence-corrected chi connectivity index (χ2v) is 3.68. The molecule has 0 fully saturated rings. The summed E-state index contributed by atoms with van der Waals surface area (Å²) >= 11 is 0. The Morgan fingerprint density at radius 2 is 2.00 bits per heavy atom. The molecule has 0 aliphatic carbocycles. The summed E-state index contributed by atoms with van der Waals surface area (Å²) in [6.45, 7) is 2.39. The summed E-state index contributed by atoms with van der Waals surface area (Å²) in [5.74, 6) is -0.725. The van der Waals surface area contributed by atoms with Crippen molar-refractivity contribution in [2.45, 2.75) is 13.3 Å². The molecule has 0 amide bonds. The second kappa shape index (κ2) is 7.45. The van der Waals surface area contributed by atoms with Gasteiger partial charge >= 0.3 is 11.9 Å². The van der Waals surface area contributed by atoms with Crippen LogP contribution in [0.4, 0.5) is 0 Å². The van der Waals surface area contributed by atoms with Gasteiger partial charge in [0.2, 0.25) is 0 Å². The Bertz CT molecular complexity index is 417. The molecular formula is C13H17NO4. The van der Waals surface area contributed by atoms with E-state index in [-0.39, 0.29) is 11.3 Å². The van der Waals surface area contributed by atoms with Crippen LogP contribution in [-0.4, -0.2) is 32.1 Å². The quantitative estimate of drug-likeness (QED) is 0.470. The lowest BCUT2D eigenvalue weighted by Crippen LogP contribution is -2.14. The van der Waals surface area contributed by atoms with Crippen LogP contribution in [0.15, 0.2) is 24.3 Å². The van der Waals surface area contributed by atoms with Crippen molar-refractivity contribution in [3.05, 3.63) is 29.8 Å². The van der Waals surface area contributed by atoms with E-state index < -0.39 is 11.9 Å². The number of para-hydroxylation sites is 1. The van der Waals surface area contributed by atoms with Crippen LogP contribution in [0.1, 0.15) is 23.7 Å². The van der Waals surface area contributed by atoms with Gasteiger partial charge < -0.3 is 14.8 Å². The Kier molecular flexibility index (Phi) is 5.87. The van der Waals surface area contributed by atoms with E-state index in [1.807, 2.05) is 7.05 Å². The first-order chi connectivity index (χ1) is 8.65. The van der Waals surface area contributed by atoms with Crippen LogP contribution >= 0.6 is 0 Å². The fourth-order valence-corrected chi connectivity index (χ4v) is 1.37. The highest BCUT2D eigenvalue weighted by Crippen LogP contribution is 2.19. The summed E-state index contributed by atoms with van der Waals surface area (Å²) < 4.78 is 10.0. The van der Waals surface area contributed by atoms with E-state index in [2.05, 4.69) is 5.32 Å². The molecule has 0 radical (unpaired) electrons.